The Kier molecular flexibility index (Phi) is 4.32. The molecule has 0 radical (unpaired) electrons. The number of pyridine rings is 2. The second kappa shape index (κ2) is 7.27. The van der Waals surface area contributed by atoms with Crippen LogP contribution in [-0.2, 0) is 0 Å². The monoisotopic (exact) mass is 381 g/mol. The Morgan fingerprint density at radius 1 is 1.00 bits per heavy atom. The molecule has 0 amide bonds. The highest BCUT2D eigenvalue weighted by atomic mass is 15.3. The van der Waals surface area contributed by atoms with Crippen molar-refractivity contribution >= 4 is 11.0 Å². The number of aromatic amines is 1. The molecule has 142 valence electrons. The van der Waals surface area contributed by atoms with Crippen molar-refractivity contribution in [3.8, 4) is 22.4 Å². The van der Waals surface area contributed by atoms with Crippen LogP contribution >= 0.6 is 0 Å². The maximum Gasteiger partial charge on any atom is 0.141 e. The SMILES string of the molecule is CCC(c1cncc(-c2cccnc2)c1)n1cc(-c2ncnc3[nH]ccc23)cn1. The molecule has 0 fully saturated rings. The van der Waals surface area contributed by atoms with E-state index in [0.717, 1.165) is 45.4 Å². The van der Waals surface area contributed by atoms with E-state index >= 15 is 0 Å². The molecule has 7 heteroatoms. The highest BCUT2D eigenvalue weighted by Gasteiger charge is 2.16. The minimum Gasteiger partial charge on any atom is -0.346 e. The van der Waals surface area contributed by atoms with Gasteiger partial charge in [-0.05, 0) is 30.2 Å². The molecular weight excluding hydrogens is 362 g/mol. The minimum absolute atomic E-state index is 0.0800. The van der Waals surface area contributed by atoms with E-state index in [1.165, 1.54) is 0 Å². The Hall–Kier alpha value is -3.87. The highest BCUT2D eigenvalue weighted by Crippen LogP contribution is 2.29. The van der Waals surface area contributed by atoms with Gasteiger partial charge in [0.05, 0.1) is 17.9 Å². The van der Waals surface area contributed by atoms with E-state index in [1.807, 2.05) is 60.1 Å². The lowest BCUT2D eigenvalue weighted by molar-refractivity contribution is 0.508. The number of aromatic nitrogens is 7. The summed E-state index contributed by atoms with van der Waals surface area (Å²) < 4.78 is 1.99. The van der Waals surface area contributed by atoms with Crippen LogP contribution in [0.3, 0.4) is 0 Å². The molecule has 5 aromatic heterocycles. The summed E-state index contributed by atoms with van der Waals surface area (Å²) >= 11 is 0. The molecule has 0 saturated heterocycles. The van der Waals surface area contributed by atoms with Gasteiger partial charge in [-0.3, -0.25) is 14.6 Å². The molecule has 0 aliphatic heterocycles. The predicted molar refractivity (Wildman–Crippen MR) is 111 cm³/mol. The third-order valence-corrected chi connectivity index (χ3v) is 5.07. The molecule has 7 nitrogen and oxygen atoms in total. The summed E-state index contributed by atoms with van der Waals surface area (Å²) in [6.07, 6.45) is 15.6. The molecule has 0 spiro atoms. The molecule has 0 saturated carbocycles. The lowest BCUT2D eigenvalue weighted by atomic mass is 10.0. The lowest BCUT2D eigenvalue weighted by Crippen LogP contribution is -2.10. The summed E-state index contributed by atoms with van der Waals surface area (Å²) in [5.74, 6) is 0. The molecule has 1 unspecified atom stereocenters. The van der Waals surface area contributed by atoms with Crippen LogP contribution in [0.2, 0.25) is 0 Å². The average molecular weight is 381 g/mol. The first-order valence-electron chi connectivity index (χ1n) is 9.51. The first kappa shape index (κ1) is 17.2. The molecule has 0 bridgehead atoms. The lowest BCUT2D eigenvalue weighted by Gasteiger charge is -2.16. The van der Waals surface area contributed by atoms with Crippen molar-refractivity contribution in [1.29, 1.82) is 0 Å². The summed E-state index contributed by atoms with van der Waals surface area (Å²) in [6, 6.07) is 8.20. The van der Waals surface area contributed by atoms with Gasteiger partial charge in [0.25, 0.3) is 0 Å². The van der Waals surface area contributed by atoms with Gasteiger partial charge in [0.2, 0.25) is 0 Å². The molecule has 5 rings (SSSR count). The Labute approximate surface area is 167 Å². The van der Waals surface area contributed by atoms with Crippen molar-refractivity contribution in [3.05, 3.63) is 79.5 Å². The fourth-order valence-electron chi connectivity index (χ4n) is 3.64. The number of nitrogens with zero attached hydrogens (tertiary/aromatic N) is 6. The number of H-pyrrole nitrogens is 1. The molecule has 0 aliphatic carbocycles. The quantitative estimate of drug-likeness (QED) is 0.491. The Bertz CT molecular complexity index is 1260. The first-order valence-corrected chi connectivity index (χ1v) is 9.51. The van der Waals surface area contributed by atoms with Gasteiger partial charge >= 0.3 is 0 Å². The topological polar surface area (TPSA) is 85.2 Å². The number of hydrogen-bond acceptors (Lipinski definition) is 5. The average Bonchev–Trinajstić information content (AvgIpc) is 3.45. The van der Waals surface area contributed by atoms with Crippen molar-refractivity contribution in [3.63, 3.8) is 0 Å². The minimum atomic E-state index is 0.0800. The standard InChI is InChI=1S/C22H19N7/c1-2-20(17-8-16(10-24-11-17)15-4-3-6-23-9-15)29-13-18(12-28-29)21-19-5-7-25-22(19)27-14-26-21/h3-14,20H,2H2,1H3,(H,25,26,27). The summed E-state index contributed by atoms with van der Waals surface area (Å²) in [5, 5.41) is 5.63. The molecule has 1 atom stereocenters. The summed E-state index contributed by atoms with van der Waals surface area (Å²) in [7, 11) is 0. The van der Waals surface area contributed by atoms with Crippen molar-refractivity contribution < 1.29 is 0 Å². The normalized spacial score (nSPS) is 12.3. The summed E-state index contributed by atoms with van der Waals surface area (Å²) in [6.45, 7) is 2.15. The summed E-state index contributed by atoms with van der Waals surface area (Å²) in [4.78, 5) is 20.5. The van der Waals surface area contributed by atoms with Crippen molar-refractivity contribution in [2.75, 3.05) is 0 Å². The van der Waals surface area contributed by atoms with E-state index in [-0.39, 0.29) is 6.04 Å². The molecule has 5 aromatic rings. The maximum atomic E-state index is 4.64. The van der Waals surface area contributed by atoms with E-state index in [4.69, 9.17) is 0 Å². The van der Waals surface area contributed by atoms with Crippen LogP contribution in [0.5, 0.6) is 0 Å². The van der Waals surface area contributed by atoms with Crippen LogP contribution in [0.4, 0.5) is 0 Å². The molecular formula is C22H19N7. The number of fused-ring (bicyclic) bond motifs is 1. The van der Waals surface area contributed by atoms with Crippen molar-refractivity contribution in [2.24, 2.45) is 0 Å². The van der Waals surface area contributed by atoms with Crippen LogP contribution in [0, 0.1) is 0 Å². The second-order valence-electron chi connectivity index (χ2n) is 6.84. The van der Waals surface area contributed by atoms with Crippen LogP contribution in [-0.4, -0.2) is 34.7 Å². The predicted octanol–water partition coefficient (Wildman–Crippen LogP) is 4.28. The smallest absolute Gasteiger partial charge is 0.141 e. The van der Waals surface area contributed by atoms with Gasteiger partial charge in [-0.15, -0.1) is 0 Å². The Morgan fingerprint density at radius 2 is 1.93 bits per heavy atom. The highest BCUT2D eigenvalue weighted by molar-refractivity contribution is 5.90. The van der Waals surface area contributed by atoms with Gasteiger partial charge in [-0.2, -0.15) is 5.10 Å². The number of nitrogens with one attached hydrogen (secondary N) is 1. The maximum absolute atomic E-state index is 4.64. The largest absolute Gasteiger partial charge is 0.346 e. The fraction of sp³-hybridized carbons (Fsp3) is 0.136. The van der Waals surface area contributed by atoms with Crippen LogP contribution < -0.4 is 0 Å². The third kappa shape index (κ3) is 3.16. The van der Waals surface area contributed by atoms with E-state index in [0.29, 0.717) is 0 Å². The Morgan fingerprint density at radius 3 is 2.79 bits per heavy atom. The first-order chi connectivity index (χ1) is 14.3. The number of hydrogen-bond donors (Lipinski definition) is 1. The van der Waals surface area contributed by atoms with Gasteiger partial charge in [0.1, 0.15) is 12.0 Å². The molecule has 29 heavy (non-hydrogen) atoms. The van der Waals surface area contributed by atoms with Gasteiger partial charge in [-0.1, -0.05) is 13.0 Å². The zero-order valence-electron chi connectivity index (χ0n) is 15.9. The number of rotatable bonds is 5. The third-order valence-electron chi connectivity index (χ3n) is 5.07. The summed E-state index contributed by atoms with van der Waals surface area (Å²) in [5.41, 5.74) is 5.87. The fourth-order valence-corrected chi connectivity index (χ4v) is 3.64. The van der Waals surface area contributed by atoms with Crippen LogP contribution in [0.25, 0.3) is 33.4 Å². The van der Waals surface area contributed by atoms with Crippen molar-refractivity contribution in [2.45, 2.75) is 19.4 Å². The van der Waals surface area contributed by atoms with Crippen LogP contribution in [0.1, 0.15) is 24.9 Å². The molecule has 0 aliphatic rings. The zero-order valence-corrected chi connectivity index (χ0v) is 15.9. The van der Waals surface area contributed by atoms with Gasteiger partial charge in [0, 0.05) is 59.3 Å². The van der Waals surface area contributed by atoms with E-state index in [9.17, 15) is 0 Å². The van der Waals surface area contributed by atoms with E-state index in [1.54, 1.807) is 12.5 Å². The van der Waals surface area contributed by atoms with Gasteiger partial charge in [0.15, 0.2) is 0 Å². The Balaban J connectivity index is 1.52. The molecule has 0 aromatic carbocycles. The van der Waals surface area contributed by atoms with Gasteiger partial charge in [-0.25, -0.2) is 9.97 Å². The second-order valence-corrected chi connectivity index (χ2v) is 6.84. The van der Waals surface area contributed by atoms with E-state index in [2.05, 4.69) is 43.0 Å². The molecule has 5 heterocycles. The molecule has 1 N–H and O–H groups in total. The zero-order chi connectivity index (χ0) is 19.6. The van der Waals surface area contributed by atoms with Gasteiger partial charge < -0.3 is 4.98 Å². The van der Waals surface area contributed by atoms with E-state index < -0.39 is 0 Å². The van der Waals surface area contributed by atoms with Crippen LogP contribution in [0.15, 0.2) is 74.0 Å². The van der Waals surface area contributed by atoms with Crippen molar-refractivity contribution in [1.82, 2.24) is 34.7 Å².